The van der Waals surface area contributed by atoms with Crippen molar-refractivity contribution < 1.29 is 42.4 Å². The molecule has 5 atom stereocenters. The van der Waals surface area contributed by atoms with Crippen LogP contribution in [0.25, 0.3) is 22.4 Å². The summed E-state index contributed by atoms with van der Waals surface area (Å²) < 4.78 is 48.9. The van der Waals surface area contributed by atoms with E-state index in [1.807, 2.05) is 6.07 Å². The number of nitrogens with zero attached hydrogens (tertiary/aromatic N) is 3. The number of aliphatic carboxylic acids is 1. The Bertz CT molecular complexity index is 1340. The van der Waals surface area contributed by atoms with E-state index in [9.17, 15) is 18.3 Å². The molecule has 1 unspecified atom stereocenters. The Morgan fingerprint density at radius 3 is 2.51 bits per heavy atom. The number of carboxylic acid groups (broad SMARTS) is 1. The molecule has 3 aliphatic rings. The Morgan fingerprint density at radius 1 is 1.18 bits per heavy atom. The minimum absolute atomic E-state index is 0.255. The summed E-state index contributed by atoms with van der Waals surface area (Å²) in [5.74, 6) is -2.76. The molecule has 1 aromatic carbocycles. The molecule has 3 N–H and O–H groups in total. The van der Waals surface area contributed by atoms with Crippen molar-refractivity contribution in [1.82, 2.24) is 15.0 Å². The van der Waals surface area contributed by atoms with Crippen LogP contribution >= 0.6 is 11.6 Å². The molecular formula is C25H26ClF3N4O6. The molecule has 10 nitrogen and oxygen atoms in total. The number of pyridine rings is 1. The maximum Gasteiger partial charge on any atom is 0.490 e. The molecule has 210 valence electrons. The Kier molecular flexibility index (Phi) is 7.60. The molecule has 0 saturated carbocycles. The van der Waals surface area contributed by atoms with Gasteiger partial charge in [0.15, 0.2) is 11.8 Å². The van der Waals surface area contributed by atoms with Gasteiger partial charge < -0.3 is 34.3 Å². The molecule has 6 rings (SSSR count). The van der Waals surface area contributed by atoms with Crippen LogP contribution in [0.5, 0.6) is 6.01 Å². The van der Waals surface area contributed by atoms with Crippen LogP contribution < -0.4 is 9.64 Å². The number of halogens is 4. The van der Waals surface area contributed by atoms with Crippen LogP contribution in [-0.2, 0) is 14.3 Å². The lowest BCUT2D eigenvalue weighted by Gasteiger charge is -2.23. The average molecular weight is 571 g/mol. The van der Waals surface area contributed by atoms with Gasteiger partial charge in [-0.3, -0.25) is 0 Å². The number of ether oxygens (including phenoxy) is 3. The fourth-order valence-corrected chi connectivity index (χ4v) is 5.23. The number of carboxylic acids is 1. The Balaban J connectivity index is 0.000000392. The highest BCUT2D eigenvalue weighted by atomic mass is 35.5. The number of anilines is 1. The third kappa shape index (κ3) is 5.76. The summed E-state index contributed by atoms with van der Waals surface area (Å²) in [6.07, 6.45) is -4.23. The summed E-state index contributed by atoms with van der Waals surface area (Å²) in [6, 6.07) is 11.1. The number of aromatic amines is 1. The van der Waals surface area contributed by atoms with Crippen LogP contribution in [-0.4, -0.2) is 87.5 Å². The van der Waals surface area contributed by atoms with E-state index in [0.29, 0.717) is 40.5 Å². The molecule has 0 radical (unpaired) electrons. The van der Waals surface area contributed by atoms with Crippen molar-refractivity contribution >= 4 is 34.4 Å². The lowest BCUT2D eigenvalue weighted by molar-refractivity contribution is -0.192. The van der Waals surface area contributed by atoms with Crippen LogP contribution in [0.15, 0.2) is 30.3 Å². The quantitative estimate of drug-likeness (QED) is 0.429. The van der Waals surface area contributed by atoms with Gasteiger partial charge in [-0.25, -0.2) is 9.78 Å². The second-order valence-electron chi connectivity index (χ2n) is 9.59. The first-order chi connectivity index (χ1) is 18.5. The summed E-state index contributed by atoms with van der Waals surface area (Å²) in [6.45, 7) is 3.96. The predicted molar refractivity (Wildman–Crippen MR) is 134 cm³/mol. The zero-order chi connectivity index (χ0) is 27.9. The normalized spacial score (nSPS) is 26.4. The van der Waals surface area contributed by atoms with Crippen LogP contribution in [0.1, 0.15) is 19.8 Å². The van der Waals surface area contributed by atoms with Crippen molar-refractivity contribution in [2.24, 2.45) is 0 Å². The molecule has 5 heterocycles. The number of nitrogens with one attached hydrogen (secondary N) is 1. The number of H-pyrrole nitrogens is 1. The molecule has 39 heavy (non-hydrogen) atoms. The van der Waals surface area contributed by atoms with E-state index in [1.54, 1.807) is 0 Å². The van der Waals surface area contributed by atoms with Crippen molar-refractivity contribution in [1.29, 1.82) is 0 Å². The lowest BCUT2D eigenvalue weighted by atomic mass is 10.1. The number of hydrogen-bond acceptors (Lipinski definition) is 8. The van der Waals surface area contributed by atoms with Gasteiger partial charge in [0.25, 0.3) is 6.01 Å². The molecule has 3 aromatic rings. The third-order valence-electron chi connectivity index (χ3n) is 6.92. The SMILES string of the molecule is CC1CCCN1c1ccc(-c2nc3nc(O[C@@H]4CO[C@H]5[C@@H]4OC[C@H]5O)[nH]c3cc2Cl)cc1.O=C(O)C(F)(F)F. The largest absolute Gasteiger partial charge is 0.490 e. The number of aliphatic hydroxyl groups excluding tert-OH is 1. The van der Waals surface area contributed by atoms with Gasteiger partial charge in [-0.1, -0.05) is 23.7 Å². The number of benzene rings is 1. The third-order valence-corrected chi connectivity index (χ3v) is 7.21. The van der Waals surface area contributed by atoms with Gasteiger partial charge in [-0.2, -0.15) is 18.2 Å². The van der Waals surface area contributed by atoms with Gasteiger partial charge in [-0.15, -0.1) is 0 Å². The second-order valence-corrected chi connectivity index (χ2v) is 9.99. The molecule has 0 amide bonds. The highest BCUT2D eigenvalue weighted by Gasteiger charge is 2.48. The fraction of sp³-hybridized carbons (Fsp3) is 0.480. The lowest BCUT2D eigenvalue weighted by Crippen LogP contribution is -2.34. The number of rotatable bonds is 4. The first-order valence-electron chi connectivity index (χ1n) is 12.3. The molecule has 0 bridgehead atoms. The summed E-state index contributed by atoms with van der Waals surface area (Å²) >= 11 is 6.57. The zero-order valence-electron chi connectivity index (χ0n) is 20.7. The van der Waals surface area contributed by atoms with E-state index in [0.717, 1.165) is 12.1 Å². The number of aliphatic hydroxyl groups is 1. The molecular weight excluding hydrogens is 545 g/mol. The molecule has 0 spiro atoms. The minimum atomic E-state index is -5.08. The zero-order valence-corrected chi connectivity index (χ0v) is 21.4. The van der Waals surface area contributed by atoms with E-state index in [1.165, 1.54) is 18.5 Å². The number of carbonyl (C=O) groups is 1. The number of alkyl halides is 3. The number of aromatic nitrogens is 3. The number of fused-ring (bicyclic) bond motifs is 2. The topological polar surface area (TPSA) is 130 Å². The minimum Gasteiger partial charge on any atom is -0.475 e. The van der Waals surface area contributed by atoms with Crippen LogP contribution in [0, 0.1) is 0 Å². The maximum atomic E-state index is 10.6. The van der Waals surface area contributed by atoms with E-state index in [-0.39, 0.29) is 24.9 Å². The summed E-state index contributed by atoms with van der Waals surface area (Å²) in [5.41, 5.74) is 4.07. The van der Waals surface area contributed by atoms with Crippen molar-refractivity contribution in [2.75, 3.05) is 24.7 Å². The van der Waals surface area contributed by atoms with Gasteiger partial charge in [0.1, 0.15) is 18.3 Å². The van der Waals surface area contributed by atoms with Gasteiger partial charge in [0.05, 0.1) is 29.4 Å². The van der Waals surface area contributed by atoms with Crippen LogP contribution in [0.3, 0.4) is 0 Å². The van der Waals surface area contributed by atoms with Crippen molar-refractivity contribution in [2.45, 2.75) is 56.4 Å². The first kappa shape index (κ1) is 27.4. The Morgan fingerprint density at radius 2 is 1.87 bits per heavy atom. The second kappa shape index (κ2) is 10.8. The van der Waals surface area contributed by atoms with Gasteiger partial charge >= 0.3 is 12.1 Å². The highest BCUT2D eigenvalue weighted by molar-refractivity contribution is 6.33. The molecule has 0 aliphatic carbocycles. The molecule has 3 saturated heterocycles. The summed E-state index contributed by atoms with van der Waals surface area (Å²) in [4.78, 5) is 23.6. The van der Waals surface area contributed by atoms with Gasteiger partial charge in [0.2, 0.25) is 0 Å². The fourth-order valence-electron chi connectivity index (χ4n) is 4.97. The van der Waals surface area contributed by atoms with Gasteiger partial charge in [0, 0.05) is 23.8 Å². The number of imidazole rings is 1. The standard InChI is InChI=1S/C23H25ClN4O4.C2HF3O2/c1-12-3-2-8-28(12)14-6-4-13(5-7-14)19-15(24)9-16-22(26-19)27-23(25-16)32-18-11-31-20-17(29)10-30-21(18)20;3-2(4,5)1(6)7/h4-7,9,12,17-18,20-21,29H,2-3,8,10-11H2,1H3,(H,25,26,27);(H,6,7)/t12?,17-,18-,20-,21-;/m1./s1. The van der Waals surface area contributed by atoms with Crippen molar-refractivity contribution in [3.63, 3.8) is 0 Å². The van der Waals surface area contributed by atoms with E-state index >= 15 is 0 Å². The van der Waals surface area contributed by atoms with E-state index < -0.39 is 18.2 Å². The summed E-state index contributed by atoms with van der Waals surface area (Å²) in [5, 5.41) is 17.6. The number of hydrogen-bond donors (Lipinski definition) is 3. The monoisotopic (exact) mass is 570 g/mol. The van der Waals surface area contributed by atoms with E-state index in [4.69, 9.17) is 40.7 Å². The molecule has 3 fully saturated rings. The van der Waals surface area contributed by atoms with Crippen molar-refractivity contribution in [3.8, 4) is 17.3 Å². The van der Waals surface area contributed by atoms with Crippen LogP contribution in [0.2, 0.25) is 5.02 Å². The van der Waals surface area contributed by atoms with Crippen LogP contribution in [0.4, 0.5) is 18.9 Å². The Hall–Kier alpha value is -3.13. The predicted octanol–water partition coefficient (Wildman–Crippen LogP) is 3.81. The smallest absolute Gasteiger partial charge is 0.475 e. The van der Waals surface area contributed by atoms with Crippen molar-refractivity contribution in [3.05, 3.63) is 35.4 Å². The average Bonchev–Trinajstić information content (AvgIpc) is 3.66. The highest BCUT2D eigenvalue weighted by Crippen LogP contribution is 2.33. The molecule has 2 aromatic heterocycles. The maximum absolute atomic E-state index is 10.6. The van der Waals surface area contributed by atoms with Gasteiger partial charge in [-0.05, 0) is 38.0 Å². The molecule has 3 aliphatic heterocycles. The van der Waals surface area contributed by atoms with E-state index in [2.05, 4.69) is 46.1 Å². The molecule has 14 heteroatoms. The first-order valence-corrected chi connectivity index (χ1v) is 12.7. The summed E-state index contributed by atoms with van der Waals surface area (Å²) in [7, 11) is 0. The Labute approximate surface area is 225 Å².